The third kappa shape index (κ3) is 4.64. The highest BCUT2D eigenvalue weighted by Gasteiger charge is 2.14. The van der Waals surface area contributed by atoms with E-state index in [0.29, 0.717) is 22.2 Å². The molecule has 3 nitrogen and oxygen atoms in total. The Balaban J connectivity index is 2.73. The van der Waals surface area contributed by atoms with E-state index in [1.165, 1.54) is 0 Å². The molecule has 0 aromatic heterocycles. The Hall–Kier alpha value is -0.610. The first kappa shape index (κ1) is 14.5. The molecule has 0 saturated carbocycles. The highest BCUT2D eigenvalue weighted by atomic mass is 35.5. The van der Waals surface area contributed by atoms with E-state index in [1.54, 1.807) is 37.1 Å². The normalized spacial score (nSPS) is 12.8. The Morgan fingerprint density at radius 2 is 2.12 bits per heavy atom. The smallest absolute Gasteiger partial charge is 0.178 e. The van der Waals surface area contributed by atoms with Crippen LogP contribution in [-0.4, -0.2) is 42.0 Å². The fraction of sp³-hybridized carbons (Fsp3) is 0.417. The van der Waals surface area contributed by atoms with E-state index in [0.717, 1.165) is 0 Å². The van der Waals surface area contributed by atoms with Gasteiger partial charge in [0.15, 0.2) is 5.78 Å². The van der Waals surface area contributed by atoms with Crippen molar-refractivity contribution in [2.75, 3.05) is 20.1 Å². The summed E-state index contributed by atoms with van der Waals surface area (Å²) in [5, 5.41) is 10.1. The van der Waals surface area contributed by atoms with E-state index in [9.17, 15) is 9.90 Å². The van der Waals surface area contributed by atoms with Gasteiger partial charge in [-0.05, 0) is 32.2 Å². The molecule has 0 aliphatic rings. The lowest BCUT2D eigenvalue weighted by Gasteiger charge is -2.17. The first-order chi connectivity index (χ1) is 7.90. The number of likely N-dealkylation sites (N-methyl/N-ethyl adjacent to an activating group) is 1. The van der Waals surface area contributed by atoms with Crippen LogP contribution in [0.1, 0.15) is 17.3 Å². The van der Waals surface area contributed by atoms with Crippen LogP contribution in [0.5, 0.6) is 0 Å². The first-order valence-corrected chi connectivity index (χ1v) is 6.00. The van der Waals surface area contributed by atoms with Crippen LogP contribution in [0.15, 0.2) is 18.2 Å². The number of nitrogens with zero attached hydrogens (tertiary/aromatic N) is 1. The van der Waals surface area contributed by atoms with Gasteiger partial charge in [-0.15, -0.1) is 0 Å². The first-order valence-electron chi connectivity index (χ1n) is 5.25. The summed E-state index contributed by atoms with van der Waals surface area (Å²) in [6.07, 6.45) is -0.470. The molecule has 1 unspecified atom stereocenters. The fourth-order valence-electron chi connectivity index (χ4n) is 1.56. The van der Waals surface area contributed by atoms with Gasteiger partial charge in [-0.25, -0.2) is 0 Å². The number of Topliss-reactive ketones (excluding diaryl/α,β-unsaturated/α-hetero) is 1. The monoisotopic (exact) mass is 275 g/mol. The van der Waals surface area contributed by atoms with E-state index < -0.39 is 6.10 Å². The SMILES string of the molecule is CC(O)CN(C)CC(=O)c1cc(Cl)ccc1Cl. The van der Waals surface area contributed by atoms with E-state index in [1.807, 2.05) is 0 Å². The van der Waals surface area contributed by atoms with Crippen LogP contribution in [0.25, 0.3) is 0 Å². The molecule has 1 aromatic carbocycles. The maximum Gasteiger partial charge on any atom is 0.178 e. The topological polar surface area (TPSA) is 40.5 Å². The molecule has 0 heterocycles. The van der Waals surface area contributed by atoms with Crippen molar-refractivity contribution < 1.29 is 9.90 Å². The Morgan fingerprint density at radius 1 is 1.47 bits per heavy atom. The second-order valence-corrected chi connectivity index (χ2v) is 4.94. The highest BCUT2D eigenvalue weighted by molar-refractivity contribution is 6.36. The van der Waals surface area contributed by atoms with E-state index in [4.69, 9.17) is 23.2 Å². The van der Waals surface area contributed by atoms with Crippen LogP contribution in [0.4, 0.5) is 0 Å². The third-order valence-electron chi connectivity index (χ3n) is 2.22. The number of aliphatic hydroxyl groups is 1. The van der Waals surface area contributed by atoms with Crippen LogP contribution in [0.2, 0.25) is 10.0 Å². The van der Waals surface area contributed by atoms with Crippen LogP contribution < -0.4 is 0 Å². The second kappa shape index (κ2) is 6.36. The van der Waals surface area contributed by atoms with Gasteiger partial charge in [0.2, 0.25) is 0 Å². The van der Waals surface area contributed by atoms with Crippen molar-refractivity contribution >= 4 is 29.0 Å². The lowest BCUT2D eigenvalue weighted by molar-refractivity contribution is 0.0901. The van der Waals surface area contributed by atoms with Gasteiger partial charge in [0.25, 0.3) is 0 Å². The lowest BCUT2D eigenvalue weighted by atomic mass is 10.1. The standard InChI is InChI=1S/C12H15Cl2NO2/c1-8(16)6-15(2)7-12(17)10-5-9(13)3-4-11(10)14/h3-5,8,16H,6-7H2,1-2H3. The van der Waals surface area contributed by atoms with Gasteiger partial charge >= 0.3 is 0 Å². The van der Waals surface area contributed by atoms with Crippen molar-refractivity contribution in [3.05, 3.63) is 33.8 Å². The van der Waals surface area contributed by atoms with Crippen molar-refractivity contribution in [2.45, 2.75) is 13.0 Å². The quantitative estimate of drug-likeness (QED) is 0.840. The Labute approximate surface area is 111 Å². The summed E-state index contributed by atoms with van der Waals surface area (Å²) in [6.45, 7) is 2.31. The summed E-state index contributed by atoms with van der Waals surface area (Å²) in [4.78, 5) is 13.7. The molecule has 1 aromatic rings. The zero-order valence-electron chi connectivity index (χ0n) is 9.78. The molecule has 94 valence electrons. The average molecular weight is 276 g/mol. The van der Waals surface area contributed by atoms with E-state index >= 15 is 0 Å². The number of benzene rings is 1. The summed E-state index contributed by atoms with van der Waals surface area (Å²) in [5.41, 5.74) is 0.414. The number of hydrogen-bond donors (Lipinski definition) is 1. The zero-order valence-corrected chi connectivity index (χ0v) is 11.3. The summed E-state index contributed by atoms with van der Waals surface area (Å²) in [6, 6.07) is 4.80. The van der Waals surface area contributed by atoms with Gasteiger partial charge in [0.05, 0.1) is 17.7 Å². The van der Waals surface area contributed by atoms with Crippen molar-refractivity contribution in [1.82, 2.24) is 4.90 Å². The molecule has 0 saturated heterocycles. The predicted octanol–water partition coefficient (Wildman–Crippen LogP) is 2.49. The summed E-state index contributed by atoms with van der Waals surface area (Å²) in [5.74, 6) is -0.111. The number of hydrogen-bond acceptors (Lipinski definition) is 3. The van der Waals surface area contributed by atoms with E-state index in [2.05, 4.69) is 0 Å². The van der Waals surface area contributed by atoms with Crippen LogP contribution in [-0.2, 0) is 0 Å². The summed E-state index contributed by atoms with van der Waals surface area (Å²) in [7, 11) is 1.77. The molecule has 17 heavy (non-hydrogen) atoms. The maximum atomic E-state index is 11.9. The van der Waals surface area contributed by atoms with Gasteiger partial charge in [-0.3, -0.25) is 9.69 Å². The van der Waals surface area contributed by atoms with Gasteiger partial charge in [0, 0.05) is 17.1 Å². The molecule has 0 fully saturated rings. The molecule has 0 amide bonds. The van der Waals surface area contributed by atoms with Gasteiger partial charge in [-0.1, -0.05) is 23.2 Å². The van der Waals surface area contributed by atoms with Crippen molar-refractivity contribution in [3.63, 3.8) is 0 Å². The molecule has 5 heteroatoms. The number of carbonyl (C=O) groups excluding carboxylic acids is 1. The molecule has 1 rings (SSSR count). The number of carbonyl (C=O) groups is 1. The zero-order chi connectivity index (χ0) is 13.0. The molecular formula is C12H15Cl2NO2. The summed E-state index contributed by atoms with van der Waals surface area (Å²) >= 11 is 11.8. The van der Waals surface area contributed by atoms with Gasteiger partial charge in [0.1, 0.15) is 0 Å². The van der Waals surface area contributed by atoms with Crippen LogP contribution in [0.3, 0.4) is 0 Å². The van der Waals surface area contributed by atoms with Crippen LogP contribution in [0, 0.1) is 0 Å². The Bertz CT molecular complexity index is 407. The Kier molecular flexibility index (Phi) is 5.40. The average Bonchev–Trinajstić information content (AvgIpc) is 2.20. The molecule has 0 radical (unpaired) electrons. The minimum atomic E-state index is -0.470. The molecule has 0 spiro atoms. The minimum Gasteiger partial charge on any atom is -0.392 e. The molecule has 1 atom stereocenters. The van der Waals surface area contributed by atoms with Gasteiger partial charge in [-0.2, -0.15) is 0 Å². The highest BCUT2D eigenvalue weighted by Crippen LogP contribution is 2.21. The molecule has 1 N–H and O–H groups in total. The number of ketones is 1. The molecule has 0 aliphatic carbocycles. The largest absolute Gasteiger partial charge is 0.392 e. The summed E-state index contributed by atoms with van der Waals surface area (Å²) < 4.78 is 0. The Morgan fingerprint density at radius 3 is 2.71 bits per heavy atom. The molecule has 0 bridgehead atoms. The lowest BCUT2D eigenvalue weighted by Crippen LogP contribution is -2.32. The predicted molar refractivity (Wildman–Crippen MR) is 70.0 cm³/mol. The molecule has 0 aliphatic heterocycles. The molecular weight excluding hydrogens is 261 g/mol. The third-order valence-corrected chi connectivity index (χ3v) is 2.78. The van der Waals surface area contributed by atoms with Crippen molar-refractivity contribution in [2.24, 2.45) is 0 Å². The van der Waals surface area contributed by atoms with Crippen LogP contribution >= 0.6 is 23.2 Å². The number of aliphatic hydroxyl groups excluding tert-OH is 1. The maximum absolute atomic E-state index is 11.9. The van der Waals surface area contributed by atoms with Crippen molar-refractivity contribution in [1.29, 1.82) is 0 Å². The van der Waals surface area contributed by atoms with E-state index in [-0.39, 0.29) is 12.3 Å². The van der Waals surface area contributed by atoms with Gasteiger partial charge < -0.3 is 5.11 Å². The number of halogens is 2. The number of rotatable bonds is 5. The van der Waals surface area contributed by atoms with Crippen molar-refractivity contribution in [3.8, 4) is 0 Å². The fourth-order valence-corrected chi connectivity index (χ4v) is 1.95. The minimum absolute atomic E-state index is 0.111. The second-order valence-electron chi connectivity index (χ2n) is 4.09.